The number of rotatable bonds is 4. The second kappa shape index (κ2) is 10.0. The average Bonchev–Trinajstić information content (AvgIpc) is 3.03. The molecule has 0 amide bonds. The summed E-state index contributed by atoms with van der Waals surface area (Å²) in [5.74, 6) is 0.991. The zero-order valence-corrected chi connectivity index (χ0v) is 17.1. The van der Waals surface area contributed by atoms with Crippen LogP contribution in [0.4, 0.5) is 0 Å². The van der Waals surface area contributed by atoms with E-state index in [1.807, 2.05) is 18.2 Å². The van der Waals surface area contributed by atoms with Gasteiger partial charge < -0.3 is 0 Å². The van der Waals surface area contributed by atoms with E-state index in [1.54, 1.807) is 0 Å². The van der Waals surface area contributed by atoms with Crippen LogP contribution in [0.15, 0.2) is 76.7 Å². The van der Waals surface area contributed by atoms with Gasteiger partial charge in [-0.25, -0.2) is 0 Å². The molecule has 0 N–H and O–H groups in total. The number of allylic oxidation sites excluding steroid dienone is 4. The molecule has 0 heterocycles. The third-order valence-corrected chi connectivity index (χ3v) is 7.41. The third-order valence-electron chi connectivity index (χ3n) is 3.71. The molecule has 4 heteroatoms. The monoisotopic (exact) mass is 396 g/mol. The van der Waals surface area contributed by atoms with Crippen molar-refractivity contribution in [2.45, 2.75) is 20.3 Å². The van der Waals surface area contributed by atoms with Crippen molar-refractivity contribution in [1.29, 1.82) is 0 Å². The molecule has 1 aliphatic carbocycles. The van der Waals surface area contributed by atoms with E-state index >= 15 is 0 Å². The van der Waals surface area contributed by atoms with Crippen molar-refractivity contribution in [2.75, 3.05) is 0 Å². The van der Waals surface area contributed by atoms with Gasteiger partial charge in [0.1, 0.15) is 0 Å². The zero-order chi connectivity index (χ0) is 15.4. The molecular formula is C20H22Cl2OTi. The minimum absolute atomic E-state index is 0. The second-order valence-electron chi connectivity index (χ2n) is 5.61. The smallest absolute Gasteiger partial charge is 0.147 e. The van der Waals surface area contributed by atoms with Crippen molar-refractivity contribution in [1.82, 2.24) is 0 Å². The van der Waals surface area contributed by atoms with Crippen molar-refractivity contribution in [2.24, 2.45) is 0 Å². The van der Waals surface area contributed by atoms with Gasteiger partial charge in [0, 0.05) is 0 Å². The largest absolute Gasteiger partial charge is 0.147 e. The average molecular weight is 397 g/mol. The molecule has 0 aliphatic heterocycles. The summed E-state index contributed by atoms with van der Waals surface area (Å²) in [5.41, 5.74) is 2.67. The Morgan fingerprint density at radius 2 is 1.46 bits per heavy atom. The number of benzene rings is 2. The molecule has 0 radical (unpaired) electrons. The van der Waals surface area contributed by atoms with Crippen LogP contribution in [0.3, 0.4) is 0 Å². The molecule has 0 bridgehead atoms. The standard InChI is InChI=1S/C11H9.C6H6O.C3H6.2ClH.Ti/c1-2-6-10(7-3-1)11-8-4-5-9-11;7-6-4-2-1-3-5-6;1-3-2;;;/h1-4,6-8H,5H2;1-5,7H;1-2H3;2*1H;/q;;;;;+1/p-1. The van der Waals surface area contributed by atoms with E-state index in [0.717, 1.165) is 12.2 Å². The molecule has 0 spiro atoms. The van der Waals surface area contributed by atoms with Crippen molar-refractivity contribution >= 4 is 34.2 Å². The SMILES string of the molecule is C[C](C)=[Ti]([O]c1ccccc1)[C]1=C(c2ccccc2)C=CC1.Cl.Cl. The Hall–Kier alpha value is -1.12. The van der Waals surface area contributed by atoms with E-state index < -0.39 is 17.8 Å². The van der Waals surface area contributed by atoms with Gasteiger partial charge in [0.15, 0.2) is 0 Å². The molecule has 0 fully saturated rings. The first kappa shape index (κ1) is 20.9. The topological polar surface area (TPSA) is 9.23 Å². The second-order valence-corrected chi connectivity index (χ2v) is 9.46. The predicted octanol–water partition coefficient (Wildman–Crippen LogP) is 6.03. The van der Waals surface area contributed by atoms with Crippen molar-refractivity contribution in [3.05, 3.63) is 82.3 Å². The number of halogens is 2. The molecule has 0 saturated heterocycles. The molecular weight excluding hydrogens is 375 g/mol. The van der Waals surface area contributed by atoms with Gasteiger partial charge in [0.05, 0.1) is 0 Å². The minimum atomic E-state index is -1.90. The van der Waals surface area contributed by atoms with Crippen LogP contribution in [0.25, 0.3) is 5.57 Å². The van der Waals surface area contributed by atoms with E-state index in [2.05, 4.69) is 68.5 Å². The maximum atomic E-state index is 6.44. The van der Waals surface area contributed by atoms with Gasteiger partial charge in [0.25, 0.3) is 0 Å². The predicted molar refractivity (Wildman–Crippen MR) is 105 cm³/mol. The summed E-state index contributed by atoms with van der Waals surface area (Å²) in [4.78, 5) is 0. The number of hydrogen-bond donors (Lipinski definition) is 0. The van der Waals surface area contributed by atoms with Crippen LogP contribution in [0, 0.1) is 0 Å². The van der Waals surface area contributed by atoms with Crippen LogP contribution in [-0.2, 0) is 17.8 Å². The molecule has 1 nitrogen and oxygen atoms in total. The number of hydrogen-bond acceptors (Lipinski definition) is 1. The molecule has 0 saturated carbocycles. The van der Waals surface area contributed by atoms with Gasteiger partial charge >= 0.3 is 139 Å². The summed E-state index contributed by atoms with van der Waals surface area (Å²) >= 11 is -1.90. The van der Waals surface area contributed by atoms with Crippen LogP contribution >= 0.6 is 24.8 Å². The third kappa shape index (κ3) is 4.94. The molecule has 0 atom stereocenters. The van der Waals surface area contributed by atoms with Gasteiger partial charge in [-0.05, 0) is 0 Å². The van der Waals surface area contributed by atoms with Crippen molar-refractivity contribution in [3.63, 3.8) is 0 Å². The van der Waals surface area contributed by atoms with E-state index in [1.165, 1.54) is 18.8 Å². The van der Waals surface area contributed by atoms with Crippen LogP contribution < -0.4 is 3.32 Å². The fraction of sp³-hybridized carbons (Fsp3) is 0.150. The van der Waals surface area contributed by atoms with Gasteiger partial charge in [-0.15, -0.1) is 24.8 Å². The Morgan fingerprint density at radius 3 is 2.04 bits per heavy atom. The van der Waals surface area contributed by atoms with Gasteiger partial charge in [0.2, 0.25) is 0 Å². The molecule has 2 aromatic carbocycles. The Bertz CT molecular complexity index is 746. The number of para-hydroxylation sites is 1. The van der Waals surface area contributed by atoms with Crippen LogP contribution in [0.5, 0.6) is 5.75 Å². The molecule has 0 aromatic heterocycles. The summed E-state index contributed by atoms with van der Waals surface area (Å²) < 4.78 is 9.39. The van der Waals surface area contributed by atoms with E-state index in [9.17, 15) is 0 Å². The fourth-order valence-electron chi connectivity index (χ4n) is 2.68. The summed E-state index contributed by atoms with van der Waals surface area (Å²) in [6.45, 7) is 4.43. The zero-order valence-electron chi connectivity index (χ0n) is 13.9. The quantitative estimate of drug-likeness (QED) is 0.573. The molecule has 1 aliphatic rings. The summed E-state index contributed by atoms with van der Waals surface area (Å²) in [7, 11) is 0. The summed E-state index contributed by atoms with van der Waals surface area (Å²) in [5, 5.41) is 0. The first-order chi connectivity index (χ1) is 10.8. The van der Waals surface area contributed by atoms with Gasteiger partial charge in [-0.2, -0.15) is 0 Å². The maximum Gasteiger partial charge on any atom is -0.147 e. The van der Waals surface area contributed by atoms with Crippen LogP contribution in [-0.4, -0.2) is 3.81 Å². The maximum absolute atomic E-state index is 6.44. The molecule has 3 rings (SSSR count). The van der Waals surface area contributed by atoms with E-state index in [0.29, 0.717) is 0 Å². The van der Waals surface area contributed by atoms with Crippen molar-refractivity contribution in [3.8, 4) is 5.75 Å². The van der Waals surface area contributed by atoms with Gasteiger partial charge in [-0.3, -0.25) is 0 Å². The first-order valence-electron chi connectivity index (χ1n) is 7.61. The minimum Gasteiger partial charge on any atom is -0.147 e. The molecule has 126 valence electrons. The van der Waals surface area contributed by atoms with Gasteiger partial charge in [-0.1, -0.05) is 0 Å². The Kier molecular flexibility index (Phi) is 8.73. The fourth-order valence-corrected chi connectivity index (χ4v) is 5.93. The Labute approximate surface area is 163 Å². The Balaban J connectivity index is 0.00000144. The normalized spacial score (nSPS) is 12.2. The van der Waals surface area contributed by atoms with Crippen molar-refractivity contribution < 1.29 is 21.1 Å². The molecule has 0 unspecified atom stereocenters. The summed E-state index contributed by atoms with van der Waals surface area (Å²) in [6.07, 6.45) is 5.55. The van der Waals surface area contributed by atoms with E-state index in [-0.39, 0.29) is 24.8 Å². The Morgan fingerprint density at radius 1 is 0.875 bits per heavy atom. The summed E-state index contributed by atoms with van der Waals surface area (Å²) in [6, 6.07) is 20.9. The van der Waals surface area contributed by atoms with Crippen LogP contribution in [0.2, 0.25) is 0 Å². The first-order valence-corrected chi connectivity index (χ1v) is 9.81. The molecule has 2 aromatic rings. The molecule has 24 heavy (non-hydrogen) atoms. The van der Waals surface area contributed by atoms with E-state index in [4.69, 9.17) is 3.32 Å². The van der Waals surface area contributed by atoms with Crippen LogP contribution in [0.1, 0.15) is 25.8 Å².